The van der Waals surface area contributed by atoms with Gasteiger partial charge in [-0.25, -0.2) is 8.42 Å². The summed E-state index contributed by atoms with van der Waals surface area (Å²) in [5.41, 5.74) is 1.28. The van der Waals surface area contributed by atoms with E-state index in [1.165, 1.54) is 25.9 Å². The Hall–Kier alpha value is -1.48. The van der Waals surface area contributed by atoms with Crippen LogP contribution in [0.15, 0.2) is 24.3 Å². The van der Waals surface area contributed by atoms with Gasteiger partial charge >= 0.3 is 0 Å². The molecule has 1 N–H and O–H groups in total. The van der Waals surface area contributed by atoms with Crippen LogP contribution in [0.3, 0.4) is 0 Å². The average molecular weight is 409 g/mol. The summed E-state index contributed by atoms with van der Waals surface area (Å²) in [5.74, 6) is -0.121. The van der Waals surface area contributed by atoms with Gasteiger partial charge < -0.3 is 15.1 Å². The van der Waals surface area contributed by atoms with Crippen LogP contribution in [0, 0.1) is 0 Å². The molecule has 2 fully saturated rings. The molecule has 0 aromatic heterocycles. The smallest absolute Gasteiger partial charge is 0.251 e. The van der Waals surface area contributed by atoms with Crippen molar-refractivity contribution in [2.45, 2.75) is 25.0 Å². The standard InChI is InChI=1S/C20H32N4O3S/c1-22-13-15-24(16-14-22)28(26,27)17-18-5-7-19(8-6-18)20(25)21-9-4-12-23-10-2-3-11-23/h5-8H,2-4,9-17H2,1H3,(H,21,25). The zero-order valence-electron chi connectivity index (χ0n) is 16.8. The van der Waals surface area contributed by atoms with Crippen molar-refractivity contribution in [3.8, 4) is 0 Å². The summed E-state index contributed by atoms with van der Waals surface area (Å²) in [4.78, 5) is 16.8. The molecule has 0 saturated carbocycles. The maximum Gasteiger partial charge on any atom is 0.251 e. The van der Waals surface area contributed by atoms with Crippen LogP contribution in [0.5, 0.6) is 0 Å². The van der Waals surface area contributed by atoms with Crippen molar-refractivity contribution in [3.05, 3.63) is 35.4 Å². The van der Waals surface area contributed by atoms with Gasteiger partial charge in [-0.3, -0.25) is 4.79 Å². The first-order chi connectivity index (χ1) is 13.4. The van der Waals surface area contributed by atoms with Crippen molar-refractivity contribution in [2.75, 3.05) is 59.4 Å². The maximum absolute atomic E-state index is 12.6. The molecule has 8 heteroatoms. The zero-order chi connectivity index (χ0) is 20.0. The molecule has 0 radical (unpaired) electrons. The third-order valence-electron chi connectivity index (χ3n) is 5.56. The first kappa shape index (κ1) is 21.2. The Kier molecular flexibility index (Phi) is 7.45. The SMILES string of the molecule is CN1CCN(S(=O)(=O)Cc2ccc(C(=O)NCCCN3CCCC3)cc2)CC1. The molecular weight excluding hydrogens is 376 g/mol. The normalized spacial score (nSPS) is 19.8. The lowest BCUT2D eigenvalue weighted by molar-refractivity contribution is 0.0952. The molecule has 1 aromatic carbocycles. The molecule has 3 rings (SSSR count). The molecule has 0 atom stereocenters. The van der Waals surface area contributed by atoms with Gasteiger partial charge in [-0.05, 0) is 63.6 Å². The highest BCUT2D eigenvalue weighted by atomic mass is 32.2. The summed E-state index contributed by atoms with van der Waals surface area (Å²) >= 11 is 0. The summed E-state index contributed by atoms with van der Waals surface area (Å²) < 4.78 is 26.7. The summed E-state index contributed by atoms with van der Waals surface area (Å²) in [6.45, 7) is 6.64. The molecule has 2 aliphatic rings. The van der Waals surface area contributed by atoms with Gasteiger partial charge in [-0.1, -0.05) is 12.1 Å². The van der Waals surface area contributed by atoms with Gasteiger partial charge in [0.2, 0.25) is 10.0 Å². The molecule has 7 nitrogen and oxygen atoms in total. The van der Waals surface area contributed by atoms with Crippen LogP contribution in [-0.2, 0) is 15.8 Å². The molecule has 2 aliphatic heterocycles. The van der Waals surface area contributed by atoms with E-state index in [2.05, 4.69) is 15.1 Å². The minimum Gasteiger partial charge on any atom is -0.352 e. The van der Waals surface area contributed by atoms with Crippen molar-refractivity contribution < 1.29 is 13.2 Å². The first-order valence-corrected chi connectivity index (χ1v) is 11.8. The second-order valence-corrected chi connectivity index (χ2v) is 9.78. The monoisotopic (exact) mass is 408 g/mol. The largest absolute Gasteiger partial charge is 0.352 e. The molecule has 0 bridgehead atoms. The van der Waals surface area contributed by atoms with Crippen molar-refractivity contribution in [1.82, 2.24) is 19.4 Å². The van der Waals surface area contributed by atoms with Crippen LogP contribution in [0.25, 0.3) is 0 Å². The predicted octanol–water partition coefficient (Wildman–Crippen LogP) is 0.980. The van der Waals surface area contributed by atoms with Gasteiger partial charge in [0, 0.05) is 38.3 Å². The third kappa shape index (κ3) is 6.01. The summed E-state index contributed by atoms with van der Waals surface area (Å²) in [5, 5.41) is 2.95. The molecule has 2 heterocycles. The molecule has 28 heavy (non-hydrogen) atoms. The van der Waals surface area contributed by atoms with Gasteiger partial charge in [0.1, 0.15) is 0 Å². The summed E-state index contributed by atoms with van der Waals surface area (Å²) in [7, 11) is -1.32. The quantitative estimate of drug-likeness (QED) is 0.649. The number of rotatable bonds is 8. The van der Waals surface area contributed by atoms with Gasteiger partial charge in [-0.2, -0.15) is 4.31 Å². The fraction of sp³-hybridized carbons (Fsp3) is 0.650. The number of nitrogens with zero attached hydrogens (tertiary/aromatic N) is 3. The van der Waals surface area contributed by atoms with Crippen LogP contribution in [-0.4, -0.2) is 87.8 Å². The second-order valence-electron chi connectivity index (χ2n) is 7.81. The Morgan fingerprint density at radius 2 is 1.64 bits per heavy atom. The third-order valence-corrected chi connectivity index (χ3v) is 7.41. The van der Waals surface area contributed by atoms with Crippen molar-refractivity contribution >= 4 is 15.9 Å². The Morgan fingerprint density at radius 1 is 1.00 bits per heavy atom. The number of piperazine rings is 1. The molecule has 2 saturated heterocycles. The number of amides is 1. The molecule has 1 amide bonds. The van der Waals surface area contributed by atoms with E-state index in [1.807, 2.05) is 7.05 Å². The highest BCUT2D eigenvalue weighted by Gasteiger charge is 2.25. The molecule has 0 spiro atoms. The van der Waals surface area contributed by atoms with Crippen LogP contribution in [0.1, 0.15) is 35.2 Å². The Balaban J connectivity index is 1.45. The first-order valence-electron chi connectivity index (χ1n) is 10.2. The van der Waals surface area contributed by atoms with E-state index in [9.17, 15) is 13.2 Å². The lowest BCUT2D eigenvalue weighted by Crippen LogP contribution is -2.47. The molecule has 1 aromatic rings. The van der Waals surface area contributed by atoms with Crippen molar-refractivity contribution in [1.29, 1.82) is 0 Å². The molecule has 0 aliphatic carbocycles. The topological polar surface area (TPSA) is 73.0 Å². The van der Waals surface area contributed by atoms with Gasteiger partial charge in [0.15, 0.2) is 0 Å². The van der Waals surface area contributed by atoms with Gasteiger partial charge in [0.25, 0.3) is 5.91 Å². The summed E-state index contributed by atoms with van der Waals surface area (Å²) in [6.07, 6.45) is 3.51. The minimum absolute atomic E-state index is 0.0194. The Bertz CT molecular complexity index is 737. The number of nitrogens with one attached hydrogen (secondary N) is 1. The lowest BCUT2D eigenvalue weighted by atomic mass is 10.1. The number of sulfonamides is 1. The molecule has 0 unspecified atom stereocenters. The van der Waals surface area contributed by atoms with E-state index < -0.39 is 10.0 Å². The highest BCUT2D eigenvalue weighted by molar-refractivity contribution is 7.88. The van der Waals surface area contributed by atoms with Crippen molar-refractivity contribution in [3.63, 3.8) is 0 Å². The van der Waals surface area contributed by atoms with E-state index in [0.29, 0.717) is 30.8 Å². The summed E-state index contributed by atoms with van der Waals surface area (Å²) in [6, 6.07) is 6.91. The van der Waals surface area contributed by atoms with E-state index >= 15 is 0 Å². The van der Waals surface area contributed by atoms with Crippen LogP contribution in [0.4, 0.5) is 0 Å². The highest BCUT2D eigenvalue weighted by Crippen LogP contribution is 2.14. The number of likely N-dealkylation sites (tertiary alicyclic amines) is 1. The minimum atomic E-state index is -3.32. The Morgan fingerprint density at radius 3 is 2.29 bits per heavy atom. The Labute approximate surface area is 168 Å². The number of hydrogen-bond donors (Lipinski definition) is 1. The average Bonchev–Trinajstić information content (AvgIpc) is 3.19. The van der Waals surface area contributed by atoms with E-state index in [1.54, 1.807) is 28.6 Å². The van der Waals surface area contributed by atoms with E-state index in [4.69, 9.17) is 0 Å². The molecular formula is C20H32N4O3S. The fourth-order valence-corrected chi connectivity index (χ4v) is 5.25. The predicted molar refractivity (Wildman–Crippen MR) is 111 cm³/mol. The number of hydrogen-bond acceptors (Lipinski definition) is 5. The zero-order valence-corrected chi connectivity index (χ0v) is 17.6. The van der Waals surface area contributed by atoms with Crippen LogP contribution >= 0.6 is 0 Å². The van der Waals surface area contributed by atoms with Crippen LogP contribution in [0.2, 0.25) is 0 Å². The van der Waals surface area contributed by atoms with Crippen LogP contribution < -0.4 is 5.32 Å². The van der Waals surface area contributed by atoms with E-state index in [-0.39, 0.29) is 11.7 Å². The second kappa shape index (κ2) is 9.82. The number of carbonyl (C=O) groups excluding carboxylic acids is 1. The fourth-order valence-electron chi connectivity index (χ4n) is 3.73. The van der Waals surface area contributed by atoms with Gasteiger partial charge in [-0.15, -0.1) is 0 Å². The maximum atomic E-state index is 12.6. The number of likely N-dealkylation sites (N-methyl/N-ethyl adjacent to an activating group) is 1. The number of benzene rings is 1. The molecule has 156 valence electrons. The van der Waals surface area contributed by atoms with Gasteiger partial charge in [0.05, 0.1) is 5.75 Å². The van der Waals surface area contributed by atoms with Crippen molar-refractivity contribution in [2.24, 2.45) is 0 Å². The lowest BCUT2D eigenvalue weighted by Gasteiger charge is -2.31. The number of carbonyl (C=O) groups is 1. The van der Waals surface area contributed by atoms with E-state index in [0.717, 1.165) is 26.1 Å².